The zero-order valence-corrected chi connectivity index (χ0v) is 40.1. The lowest BCUT2D eigenvalue weighted by Gasteiger charge is -2.32. The first-order valence-corrected chi connectivity index (χ1v) is 26.2. The van der Waals surface area contributed by atoms with Gasteiger partial charge in [0.1, 0.15) is 23.4 Å². The number of anilines is 6. The summed E-state index contributed by atoms with van der Waals surface area (Å²) < 4.78 is 18.2. The zero-order valence-electron chi connectivity index (χ0n) is 38.5. The molecule has 0 spiro atoms. The molecule has 6 heteroatoms. The molecule has 1 fully saturated rings. The van der Waals surface area contributed by atoms with E-state index in [2.05, 4.69) is 228 Å². The van der Waals surface area contributed by atoms with Crippen molar-refractivity contribution in [2.24, 2.45) is 0 Å². The van der Waals surface area contributed by atoms with E-state index in [0.717, 1.165) is 56.1 Å². The van der Waals surface area contributed by atoms with Gasteiger partial charge in [0.15, 0.2) is 0 Å². The standard InChI is InChI=1S/C66H38N2O2S2/c1-2-14-44-43(13-1)63-48(66-65(44)70-66)16-9-17-53(63)67(39-27-33-59-49(35-39)41-11-4-7-21-57(41)71-59)51-31-25-37-24-30-46-52(32-26-38-23-29-45(51)61(37)62(38)46)68(40-28-34-60-50(36-40)42-12-5-8-22-58(42)72-60)54-18-10-20-56-64(54)47-15-3-6-19-55(47)69-56/h1-36,65-66H. The molecule has 336 valence electrons. The summed E-state index contributed by atoms with van der Waals surface area (Å²) in [5.41, 5.74) is 13.4. The van der Waals surface area contributed by atoms with Gasteiger partial charge in [0, 0.05) is 73.4 Å². The number of furan rings is 1. The number of benzene rings is 12. The molecule has 15 aromatic rings. The van der Waals surface area contributed by atoms with Crippen LogP contribution in [0.3, 0.4) is 0 Å². The lowest BCUT2D eigenvalue weighted by Crippen LogP contribution is -2.14. The molecule has 1 saturated heterocycles. The first kappa shape index (κ1) is 39.2. The Balaban J connectivity index is 0.943. The van der Waals surface area contributed by atoms with E-state index in [1.807, 2.05) is 22.7 Å². The SMILES string of the molecule is c1ccc2c(c1)-c1c(cccc1N(c1ccc3sc4ccccc4c3c1)c1ccc3ccc4c(N(c5ccc6sc7ccccc7c6c5)c5cccc6oc7ccccc7c56)ccc5ccc1c3c54)C1OC21. The number of epoxide rings is 1. The molecule has 3 aromatic heterocycles. The summed E-state index contributed by atoms with van der Waals surface area (Å²) in [6.45, 7) is 0. The number of thiophene rings is 2. The van der Waals surface area contributed by atoms with E-state index >= 15 is 0 Å². The molecule has 17 rings (SSSR count). The van der Waals surface area contributed by atoms with Gasteiger partial charge in [0.25, 0.3) is 0 Å². The minimum absolute atomic E-state index is 0.0489. The molecular formula is C66H38N2O2S2. The average molecular weight is 955 g/mol. The van der Waals surface area contributed by atoms with Crippen LogP contribution in [-0.4, -0.2) is 0 Å². The van der Waals surface area contributed by atoms with Crippen molar-refractivity contribution >= 4 is 151 Å². The summed E-state index contributed by atoms with van der Waals surface area (Å²) >= 11 is 3.71. The minimum atomic E-state index is 0.0489. The van der Waals surface area contributed by atoms with Gasteiger partial charge < -0.3 is 19.0 Å². The van der Waals surface area contributed by atoms with Gasteiger partial charge in [-0.25, -0.2) is 0 Å². The van der Waals surface area contributed by atoms with Gasteiger partial charge in [0.05, 0.1) is 28.1 Å². The molecule has 1 aliphatic carbocycles. The molecule has 12 aromatic carbocycles. The lowest BCUT2D eigenvalue weighted by atomic mass is 9.84. The predicted molar refractivity (Wildman–Crippen MR) is 305 cm³/mol. The number of rotatable bonds is 6. The van der Waals surface area contributed by atoms with Crippen molar-refractivity contribution in [2.75, 3.05) is 9.80 Å². The number of fused-ring (bicyclic) bond motifs is 15. The van der Waals surface area contributed by atoms with Gasteiger partial charge in [-0.15, -0.1) is 22.7 Å². The van der Waals surface area contributed by atoms with Gasteiger partial charge in [-0.1, -0.05) is 133 Å². The Hall–Kier alpha value is -8.52. The van der Waals surface area contributed by atoms with E-state index in [-0.39, 0.29) is 12.2 Å². The molecule has 0 N–H and O–H groups in total. The third-order valence-corrected chi connectivity index (χ3v) is 17.9. The second-order valence-electron chi connectivity index (χ2n) is 19.4. The fourth-order valence-electron chi connectivity index (χ4n) is 12.5. The summed E-state index contributed by atoms with van der Waals surface area (Å²) in [4.78, 5) is 5.02. The van der Waals surface area contributed by atoms with E-state index in [1.54, 1.807) is 0 Å². The normalized spacial score (nSPS) is 15.2. The first-order chi connectivity index (χ1) is 35.7. The summed E-state index contributed by atoms with van der Waals surface area (Å²) in [6.07, 6.45) is 0.146. The lowest BCUT2D eigenvalue weighted by molar-refractivity contribution is 0.380. The smallest absolute Gasteiger partial charge is 0.137 e. The van der Waals surface area contributed by atoms with Crippen LogP contribution in [0.2, 0.25) is 0 Å². The van der Waals surface area contributed by atoms with Gasteiger partial charge in [-0.2, -0.15) is 0 Å². The number of ether oxygens (including phenoxy) is 1. The van der Waals surface area contributed by atoms with Gasteiger partial charge in [-0.3, -0.25) is 0 Å². The van der Waals surface area contributed by atoms with Crippen molar-refractivity contribution in [1.29, 1.82) is 0 Å². The Morgan fingerprint density at radius 2 is 0.847 bits per heavy atom. The second-order valence-corrected chi connectivity index (χ2v) is 21.5. The molecule has 0 saturated carbocycles. The second kappa shape index (κ2) is 14.5. The molecular weight excluding hydrogens is 917 g/mol. The van der Waals surface area contributed by atoms with Crippen molar-refractivity contribution in [2.45, 2.75) is 12.2 Å². The molecule has 0 amide bonds. The molecule has 4 heterocycles. The summed E-state index contributed by atoms with van der Waals surface area (Å²) in [6, 6.07) is 80.9. The number of hydrogen-bond donors (Lipinski definition) is 0. The maximum Gasteiger partial charge on any atom is 0.137 e. The quantitative estimate of drug-likeness (QED) is 0.123. The van der Waals surface area contributed by atoms with Crippen molar-refractivity contribution in [3.8, 4) is 11.1 Å². The molecule has 2 unspecified atom stereocenters. The van der Waals surface area contributed by atoms with Crippen molar-refractivity contribution < 1.29 is 9.15 Å². The summed E-state index contributed by atoms with van der Waals surface area (Å²) in [5, 5.41) is 14.6. The number of hydrogen-bond acceptors (Lipinski definition) is 6. The molecule has 2 atom stereocenters. The van der Waals surface area contributed by atoms with Crippen LogP contribution in [0, 0.1) is 0 Å². The Bertz CT molecular complexity index is 4790. The summed E-state index contributed by atoms with van der Waals surface area (Å²) in [7, 11) is 0. The molecule has 2 aliphatic rings. The minimum Gasteiger partial charge on any atom is -0.456 e. The van der Waals surface area contributed by atoms with Crippen LogP contribution in [0.4, 0.5) is 34.1 Å². The van der Waals surface area contributed by atoms with Crippen LogP contribution >= 0.6 is 22.7 Å². The number of para-hydroxylation sites is 1. The monoisotopic (exact) mass is 954 g/mol. The third kappa shape index (κ3) is 5.43. The van der Waals surface area contributed by atoms with Crippen LogP contribution in [0.1, 0.15) is 23.3 Å². The highest BCUT2D eigenvalue weighted by Gasteiger charge is 2.48. The average Bonchev–Trinajstić information content (AvgIpc) is 3.84. The predicted octanol–water partition coefficient (Wildman–Crippen LogP) is 20.0. The van der Waals surface area contributed by atoms with Crippen molar-refractivity contribution in [3.05, 3.63) is 230 Å². The summed E-state index contributed by atoms with van der Waals surface area (Å²) in [5.74, 6) is 0. The van der Waals surface area contributed by atoms with E-state index in [9.17, 15) is 0 Å². The largest absolute Gasteiger partial charge is 0.456 e. The fraction of sp³-hybridized carbons (Fsp3) is 0.0303. The third-order valence-electron chi connectivity index (χ3n) is 15.6. The van der Waals surface area contributed by atoms with E-state index in [1.165, 1.54) is 94.9 Å². The molecule has 72 heavy (non-hydrogen) atoms. The molecule has 1 aliphatic heterocycles. The molecule has 4 nitrogen and oxygen atoms in total. The highest BCUT2D eigenvalue weighted by molar-refractivity contribution is 7.26. The Morgan fingerprint density at radius 3 is 1.54 bits per heavy atom. The first-order valence-electron chi connectivity index (χ1n) is 24.6. The van der Waals surface area contributed by atoms with E-state index < -0.39 is 0 Å². The van der Waals surface area contributed by atoms with Gasteiger partial charge in [-0.05, 0) is 123 Å². The topological polar surface area (TPSA) is 32.1 Å². The van der Waals surface area contributed by atoms with Crippen LogP contribution in [0.15, 0.2) is 223 Å². The van der Waals surface area contributed by atoms with E-state index in [4.69, 9.17) is 9.15 Å². The maximum absolute atomic E-state index is 6.59. The van der Waals surface area contributed by atoms with Crippen molar-refractivity contribution in [1.82, 2.24) is 0 Å². The van der Waals surface area contributed by atoms with Crippen LogP contribution in [0.5, 0.6) is 0 Å². The number of nitrogens with zero attached hydrogens (tertiary/aromatic N) is 2. The van der Waals surface area contributed by atoms with E-state index in [0.29, 0.717) is 0 Å². The highest BCUT2D eigenvalue weighted by Crippen LogP contribution is 2.62. The molecule has 0 radical (unpaired) electrons. The Morgan fingerprint density at radius 1 is 0.333 bits per heavy atom. The van der Waals surface area contributed by atoms with Gasteiger partial charge in [0.2, 0.25) is 0 Å². The van der Waals surface area contributed by atoms with Crippen molar-refractivity contribution in [3.63, 3.8) is 0 Å². The maximum atomic E-state index is 6.59. The zero-order chi connectivity index (χ0) is 46.8. The Labute approximate surface area is 420 Å². The van der Waals surface area contributed by atoms with Crippen LogP contribution in [0.25, 0.3) is 106 Å². The molecule has 0 bridgehead atoms. The highest BCUT2D eigenvalue weighted by atomic mass is 32.1. The van der Waals surface area contributed by atoms with Gasteiger partial charge >= 0.3 is 0 Å². The van der Waals surface area contributed by atoms with Crippen LogP contribution in [-0.2, 0) is 4.74 Å². The Kier molecular flexibility index (Phi) is 7.92. The van der Waals surface area contributed by atoms with Crippen LogP contribution < -0.4 is 9.80 Å². The fourth-order valence-corrected chi connectivity index (χ4v) is 14.6.